The number of halogens is 1. The lowest BCUT2D eigenvalue weighted by molar-refractivity contribution is 0.475. The lowest BCUT2D eigenvalue weighted by Crippen LogP contribution is -2.17. The van der Waals surface area contributed by atoms with Crippen molar-refractivity contribution in [3.63, 3.8) is 0 Å². The van der Waals surface area contributed by atoms with Crippen LogP contribution in [0.4, 0.5) is 4.39 Å². The molecule has 0 bridgehead atoms. The van der Waals surface area contributed by atoms with E-state index in [1.807, 2.05) is 24.3 Å². The van der Waals surface area contributed by atoms with E-state index in [1.165, 1.54) is 12.1 Å². The van der Waals surface area contributed by atoms with Crippen molar-refractivity contribution in [2.45, 2.75) is 13.0 Å². The highest BCUT2D eigenvalue weighted by Crippen LogP contribution is 2.18. The van der Waals surface area contributed by atoms with E-state index in [0.29, 0.717) is 6.54 Å². The number of aromatic nitrogens is 1. The van der Waals surface area contributed by atoms with Crippen LogP contribution in [0.2, 0.25) is 0 Å². The summed E-state index contributed by atoms with van der Waals surface area (Å²) in [4.78, 5) is 4.33. The lowest BCUT2D eigenvalue weighted by atomic mass is 10.1. The summed E-state index contributed by atoms with van der Waals surface area (Å²) in [6, 6.07) is 13.9. The smallest absolute Gasteiger partial charge is 0.124 e. The van der Waals surface area contributed by atoms with Crippen LogP contribution in [-0.2, 0) is 13.0 Å². The quantitative estimate of drug-likeness (QED) is 0.709. The van der Waals surface area contributed by atoms with Crippen LogP contribution in [0.25, 0.3) is 10.9 Å². The molecule has 3 nitrogen and oxygen atoms in total. The molecule has 0 atom stereocenters. The molecule has 112 valence electrons. The van der Waals surface area contributed by atoms with Gasteiger partial charge in [0.1, 0.15) is 11.6 Å². The number of nitrogens with one attached hydrogen (secondary N) is 1. The number of pyridine rings is 1. The average molecular weight is 296 g/mol. The molecular formula is C18H17FN2O. The summed E-state index contributed by atoms with van der Waals surface area (Å²) in [5.74, 6) is 0.0323. The number of aromatic hydroxyl groups is 1. The molecule has 0 aliphatic carbocycles. The molecule has 2 N–H and O–H groups in total. The zero-order valence-electron chi connectivity index (χ0n) is 12.1. The highest BCUT2D eigenvalue weighted by atomic mass is 19.1. The Morgan fingerprint density at radius 1 is 1.09 bits per heavy atom. The molecular weight excluding hydrogens is 279 g/mol. The third-order valence-corrected chi connectivity index (χ3v) is 3.59. The molecule has 4 heteroatoms. The van der Waals surface area contributed by atoms with Crippen molar-refractivity contribution >= 4 is 10.9 Å². The molecule has 0 aliphatic heterocycles. The number of hydrogen-bond donors (Lipinski definition) is 2. The second-order valence-electron chi connectivity index (χ2n) is 5.23. The summed E-state index contributed by atoms with van der Waals surface area (Å²) in [5.41, 5.74) is 2.84. The van der Waals surface area contributed by atoms with Gasteiger partial charge in [0.25, 0.3) is 0 Å². The van der Waals surface area contributed by atoms with Crippen molar-refractivity contribution in [3.05, 3.63) is 71.7 Å². The molecule has 2 aromatic carbocycles. The van der Waals surface area contributed by atoms with E-state index in [2.05, 4.69) is 10.3 Å². The number of phenolic OH excluding ortho intramolecular Hbond substituents is 1. The molecule has 3 aromatic rings. The SMILES string of the molecule is Oc1ccc(CCNCc2cc(F)cc3cccnc23)cc1. The minimum atomic E-state index is -0.240. The first-order chi connectivity index (χ1) is 10.7. The second kappa shape index (κ2) is 6.54. The standard InChI is InChI=1S/C18H17FN2O/c19-16-10-14-2-1-8-21-18(14)15(11-16)12-20-9-7-13-3-5-17(22)6-4-13/h1-6,8,10-11,20,22H,7,9,12H2. The summed E-state index contributed by atoms with van der Waals surface area (Å²) in [7, 11) is 0. The molecule has 0 spiro atoms. The van der Waals surface area contributed by atoms with Gasteiger partial charge in [-0.1, -0.05) is 18.2 Å². The third kappa shape index (κ3) is 3.40. The Kier molecular flexibility index (Phi) is 4.30. The van der Waals surface area contributed by atoms with Crippen molar-refractivity contribution in [1.29, 1.82) is 0 Å². The van der Waals surface area contributed by atoms with Gasteiger partial charge in [0.05, 0.1) is 5.52 Å². The molecule has 0 amide bonds. The first-order valence-electron chi connectivity index (χ1n) is 7.24. The minimum Gasteiger partial charge on any atom is -0.508 e. The Morgan fingerprint density at radius 2 is 1.91 bits per heavy atom. The normalized spacial score (nSPS) is 11.0. The zero-order chi connectivity index (χ0) is 15.4. The Bertz CT molecular complexity index is 772. The van der Waals surface area contributed by atoms with Gasteiger partial charge in [0.15, 0.2) is 0 Å². The monoisotopic (exact) mass is 296 g/mol. The Morgan fingerprint density at radius 3 is 2.73 bits per heavy atom. The number of fused-ring (bicyclic) bond motifs is 1. The van der Waals surface area contributed by atoms with E-state index in [4.69, 9.17) is 0 Å². The van der Waals surface area contributed by atoms with Crippen molar-refractivity contribution in [2.24, 2.45) is 0 Å². The fourth-order valence-electron chi connectivity index (χ4n) is 2.48. The predicted molar refractivity (Wildman–Crippen MR) is 85.2 cm³/mol. The van der Waals surface area contributed by atoms with Gasteiger partial charge in [-0.25, -0.2) is 4.39 Å². The fourth-order valence-corrected chi connectivity index (χ4v) is 2.48. The van der Waals surface area contributed by atoms with Crippen molar-refractivity contribution in [1.82, 2.24) is 10.3 Å². The number of phenols is 1. The first kappa shape index (κ1) is 14.5. The summed E-state index contributed by atoms with van der Waals surface area (Å²) in [6.45, 7) is 1.35. The predicted octanol–water partition coefficient (Wildman–Crippen LogP) is 3.41. The number of hydrogen-bond acceptors (Lipinski definition) is 3. The molecule has 0 aliphatic rings. The molecule has 0 fully saturated rings. The summed E-state index contributed by atoms with van der Waals surface area (Å²) in [6.07, 6.45) is 2.57. The number of nitrogens with zero attached hydrogens (tertiary/aromatic N) is 1. The minimum absolute atomic E-state index is 0.240. The van der Waals surface area contributed by atoms with Crippen LogP contribution in [0.15, 0.2) is 54.7 Å². The van der Waals surface area contributed by atoms with Crippen LogP contribution < -0.4 is 5.32 Å². The van der Waals surface area contributed by atoms with Gasteiger partial charge < -0.3 is 10.4 Å². The van der Waals surface area contributed by atoms with E-state index in [1.54, 1.807) is 18.3 Å². The summed E-state index contributed by atoms with van der Waals surface area (Å²) < 4.78 is 13.6. The van der Waals surface area contributed by atoms with E-state index in [0.717, 1.165) is 35.0 Å². The van der Waals surface area contributed by atoms with Crippen molar-refractivity contribution in [2.75, 3.05) is 6.54 Å². The fraction of sp³-hybridized carbons (Fsp3) is 0.167. The van der Waals surface area contributed by atoms with Crippen molar-refractivity contribution < 1.29 is 9.50 Å². The van der Waals surface area contributed by atoms with E-state index in [-0.39, 0.29) is 11.6 Å². The molecule has 0 radical (unpaired) electrons. The highest BCUT2D eigenvalue weighted by Gasteiger charge is 2.05. The first-order valence-corrected chi connectivity index (χ1v) is 7.24. The summed E-state index contributed by atoms with van der Waals surface area (Å²) >= 11 is 0. The zero-order valence-corrected chi connectivity index (χ0v) is 12.1. The van der Waals surface area contributed by atoms with Gasteiger partial charge >= 0.3 is 0 Å². The average Bonchev–Trinajstić information content (AvgIpc) is 2.53. The van der Waals surface area contributed by atoms with Gasteiger partial charge in [-0.2, -0.15) is 0 Å². The Labute approximate surface area is 128 Å². The molecule has 0 unspecified atom stereocenters. The largest absolute Gasteiger partial charge is 0.508 e. The highest BCUT2D eigenvalue weighted by molar-refractivity contribution is 5.81. The van der Waals surface area contributed by atoms with E-state index in [9.17, 15) is 9.50 Å². The third-order valence-electron chi connectivity index (χ3n) is 3.59. The van der Waals surface area contributed by atoms with Crippen LogP contribution in [0.1, 0.15) is 11.1 Å². The van der Waals surface area contributed by atoms with Crippen LogP contribution in [-0.4, -0.2) is 16.6 Å². The number of rotatable bonds is 5. The van der Waals surface area contributed by atoms with E-state index >= 15 is 0 Å². The van der Waals surface area contributed by atoms with Gasteiger partial charge in [-0.3, -0.25) is 4.98 Å². The molecule has 3 rings (SSSR count). The van der Waals surface area contributed by atoms with Gasteiger partial charge in [-0.15, -0.1) is 0 Å². The maximum Gasteiger partial charge on any atom is 0.124 e. The lowest BCUT2D eigenvalue weighted by Gasteiger charge is -2.08. The maximum absolute atomic E-state index is 13.6. The van der Waals surface area contributed by atoms with Crippen LogP contribution in [0, 0.1) is 5.82 Å². The van der Waals surface area contributed by atoms with Gasteiger partial charge in [0, 0.05) is 18.1 Å². The molecule has 1 heterocycles. The molecule has 0 saturated heterocycles. The van der Waals surface area contributed by atoms with E-state index < -0.39 is 0 Å². The van der Waals surface area contributed by atoms with Crippen LogP contribution >= 0.6 is 0 Å². The number of benzene rings is 2. The molecule has 22 heavy (non-hydrogen) atoms. The topological polar surface area (TPSA) is 45.1 Å². The second-order valence-corrected chi connectivity index (χ2v) is 5.23. The molecule has 0 saturated carbocycles. The Hall–Kier alpha value is -2.46. The molecule has 1 aromatic heterocycles. The van der Waals surface area contributed by atoms with Crippen LogP contribution in [0.5, 0.6) is 5.75 Å². The summed E-state index contributed by atoms with van der Waals surface area (Å²) in [5, 5.41) is 13.4. The van der Waals surface area contributed by atoms with Gasteiger partial charge in [-0.05, 0) is 54.4 Å². The van der Waals surface area contributed by atoms with Crippen molar-refractivity contribution in [3.8, 4) is 5.75 Å². The maximum atomic E-state index is 13.6. The van der Waals surface area contributed by atoms with Gasteiger partial charge in [0.2, 0.25) is 0 Å². The Balaban J connectivity index is 1.63. The van der Waals surface area contributed by atoms with Crippen LogP contribution in [0.3, 0.4) is 0 Å².